The number of hydrogen-bond donors (Lipinski definition) is 0. The van der Waals surface area contributed by atoms with Gasteiger partial charge in [-0.3, -0.25) is 0 Å². The van der Waals surface area contributed by atoms with Gasteiger partial charge in [0, 0.05) is 18.6 Å². The highest BCUT2D eigenvalue weighted by molar-refractivity contribution is 5.01. The average Bonchev–Trinajstić information content (AvgIpc) is 2.06. The Morgan fingerprint density at radius 2 is 2.33 bits per heavy atom. The van der Waals surface area contributed by atoms with Crippen LogP contribution in [0.2, 0.25) is 0 Å². The normalized spacial score (nSPS) is 24.9. The Labute approximate surface area is 75.5 Å². The van der Waals surface area contributed by atoms with Gasteiger partial charge in [-0.25, -0.2) is 0 Å². The van der Waals surface area contributed by atoms with Crippen LogP contribution in [0.5, 0.6) is 0 Å². The molecule has 12 heavy (non-hydrogen) atoms. The summed E-state index contributed by atoms with van der Waals surface area (Å²) in [5.41, 5.74) is 0.0470. The predicted octanol–water partition coefficient (Wildman–Crippen LogP) is 2.46. The van der Waals surface area contributed by atoms with E-state index in [1.54, 1.807) is 0 Å². The molecule has 1 heteroatoms. The van der Waals surface area contributed by atoms with Gasteiger partial charge < -0.3 is 4.74 Å². The van der Waals surface area contributed by atoms with E-state index < -0.39 is 0 Å². The van der Waals surface area contributed by atoms with Crippen molar-refractivity contribution in [3.8, 4) is 12.3 Å². The number of rotatable bonds is 2. The van der Waals surface area contributed by atoms with Gasteiger partial charge in [-0.05, 0) is 39.0 Å². The van der Waals surface area contributed by atoms with Crippen molar-refractivity contribution >= 4 is 0 Å². The molecule has 1 heterocycles. The highest BCUT2D eigenvalue weighted by Gasteiger charge is 2.22. The lowest BCUT2D eigenvalue weighted by atomic mass is 9.81. The molecule has 0 aromatic carbocycles. The lowest BCUT2D eigenvalue weighted by Crippen LogP contribution is -2.23. The van der Waals surface area contributed by atoms with Gasteiger partial charge >= 0.3 is 0 Å². The Hall–Kier alpha value is -0.480. The van der Waals surface area contributed by atoms with Crippen LogP contribution in [0.4, 0.5) is 0 Å². The molecule has 1 fully saturated rings. The van der Waals surface area contributed by atoms with Gasteiger partial charge in [-0.2, -0.15) is 0 Å². The fourth-order valence-electron chi connectivity index (χ4n) is 1.75. The van der Waals surface area contributed by atoms with E-state index in [2.05, 4.69) is 19.8 Å². The Balaban J connectivity index is 2.35. The molecule has 0 aliphatic carbocycles. The molecule has 68 valence electrons. The van der Waals surface area contributed by atoms with Crippen LogP contribution in [0.3, 0.4) is 0 Å². The van der Waals surface area contributed by atoms with Crippen LogP contribution < -0.4 is 0 Å². The Morgan fingerprint density at radius 1 is 1.58 bits per heavy atom. The molecule has 0 unspecified atom stereocenters. The first-order valence-corrected chi connectivity index (χ1v) is 4.69. The highest BCUT2D eigenvalue weighted by atomic mass is 16.5. The summed E-state index contributed by atoms with van der Waals surface area (Å²) in [6, 6.07) is 0. The van der Waals surface area contributed by atoms with Crippen molar-refractivity contribution in [1.82, 2.24) is 0 Å². The van der Waals surface area contributed by atoms with E-state index in [9.17, 15) is 0 Å². The zero-order valence-electron chi connectivity index (χ0n) is 8.10. The second kappa shape index (κ2) is 3.96. The van der Waals surface area contributed by atoms with E-state index in [4.69, 9.17) is 11.2 Å². The molecule has 0 amide bonds. The van der Waals surface area contributed by atoms with Crippen molar-refractivity contribution in [2.75, 3.05) is 13.2 Å². The fraction of sp³-hybridized carbons (Fsp3) is 0.818. The van der Waals surface area contributed by atoms with E-state index in [0.717, 1.165) is 19.6 Å². The number of terminal acetylenes is 1. The van der Waals surface area contributed by atoms with Crippen LogP contribution in [-0.2, 0) is 4.74 Å². The lowest BCUT2D eigenvalue weighted by Gasteiger charge is -2.28. The van der Waals surface area contributed by atoms with E-state index in [0.29, 0.717) is 5.92 Å². The van der Waals surface area contributed by atoms with E-state index in [1.165, 1.54) is 12.8 Å². The first kappa shape index (κ1) is 9.61. The Bertz CT molecular complexity index is 170. The summed E-state index contributed by atoms with van der Waals surface area (Å²) in [6.45, 7) is 6.10. The van der Waals surface area contributed by atoms with Crippen molar-refractivity contribution in [3.63, 3.8) is 0 Å². The summed E-state index contributed by atoms with van der Waals surface area (Å²) in [7, 11) is 0. The van der Waals surface area contributed by atoms with Crippen LogP contribution >= 0.6 is 0 Å². The maximum atomic E-state index is 5.43. The van der Waals surface area contributed by atoms with Crippen molar-refractivity contribution in [2.24, 2.45) is 11.3 Å². The topological polar surface area (TPSA) is 9.23 Å². The second-order valence-electron chi connectivity index (χ2n) is 4.32. The molecule has 0 aromatic rings. The zero-order valence-corrected chi connectivity index (χ0v) is 8.10. The third kappa shape index (κ3) is 2.87. The van der Waals surface area contributed by atoms with Gasteiger partial charge in [0.05, 0.1) is 0 Å². The second-order valence-corrected chi connectivity index (χ2v) is 4.32. The molecule has 1 aliphatic rings. The third-order valence-corrected chi connectivity index (χ3v) is 2.44. The van der Waals surface area contributed by atoms with Crippen molar-refractivity contribution < 1.29 is 4.74 Å². The minimum Gasteiger partial charge on any atom is -0.381 e. The summed E-state index contributed by atoms with van der Waals surface area (Å²) in [6.07, 6.45) is 9.02. The van der Waals surface area contributed by atoms with E-state index in [-0.39, 0.29) is 5.41 Å². The maximum absolute atomic E-state index is 5.43. The van der Waals surface area contributed by atoms with E-state index >= 15 is 0 Å². The van der Waals surface area contributed by atoms with Gasteiger partial charge in [0.15, 0.2) is 0 Å². The molecule has 0 saturated carbocycles. The first-order chi connectivity index (χ1) is 5.64. The zero-order chi connectivity index (χ0) is 9.03. The molecule has 0 N–H and O–H groups in total. The van der Waals surface area contributed by atoms with Gasteiger partial charge in [0.1, 0.15) is 0 Å². The predicted molar refractivity (Wildman–Crippen MR) is 50.8 cm³/mol. The van der Waals surface area contributed by atoms with Crippen molar-refractivity contribution in [3.05, 3.63) is 0 Å². The molecular formula is C11H18O. The van der Waals surface area contributed by atoms with Crippen LogP contribution in [-0.4, -0.2) is 13.2 Å². The molecule has 1 nitrogen and oxygen atoms in total. The fourth-order valence-corrected chi connectivity index (χ4v) is 1.75. The SMILES string of the molecule is C#CC(C)(C)C[C@H]1CCCOC1. The molecule has 1 atom stereocenters. The Morgan fingerprint density at radius 3 is 2.83 bits per heavy atom. The molecule has 0 aromatic heterocycles. The standard InChI is InChI=1S/C11H18O/c1-4-11(2,3)8-10-6-5-7-12-9-10/h1,10H,5-9H2,2-3H3/t10-/m1/s1. The van der Waals surface area contributed by atoms with Crippen LogP contribution in [0, 0.1) is 23.7 Å². The average molecular weight is 166 g/mol. The number of hydrogen-bond acceptors (Lipinski definition) is 1. The summed E-state index contributed by atoms with van der Waals surface area (Å²) < 4.78 is 5.40. The van der Waals surface area contributed by atoms with Crippen LogP contribution in [0.15, 0.2) is 0 Å². The summed E-state index contributed by atoms with van der Waals surface area (Å²) in [5.74, 6) is 3.52. The third-order valence-electron chi connectivity index (χ3n) is 2.44. The van der Waals surface area contributed by atoms with Crippen LogP contribution in [0.25, 0.3) is 0 Å². The molecule has 1 rings (SSSR count). The minimum absolute atomic E-state index is 0.0470. The quantitative estimate of drug-likeness (QED) is 0.573. The Kier molecular flexibility index (Phi) is 3.17. The summed E-state index contributed by atoms with van der Waals surface area (Å²) in [4.78, 5) is 0. The summed E-state index contributed by atoms with van der Waals surface area (Å²) >= 11 is 0. The maximum Gasteiger partial charge on any atom is 0.0494 e. The van der Waals surface area contributed by atoms with Gasteiger partial charge in [-0.15, -0.1) is 12.3 Å². The molecule has 0 radical (unpaired) electrons. The smallest absolute Gasteiger partial charge is 0.0494 e. The van der Waals surface area contributed by atoms with Crippen molar-refractivity contribution in [2.45, 2.75) is 33.1 Å². The molecular weight excluding hydrogens is 148 g/mol. The molecule has 0 spiro atoms. The molecule has 1 aliphatic heterocycles. The summed E-state index contributed by atoms with van der Waals surface area (Å²) in [5, 5.41) is 0. The monoisotopic (exact) mass is 166 g/mol. The lowest BCUT2D eigenvalue weighted by molar-refractivity contribution is 0.0424. The minimum atomic E-state index is 0.0470. The van der Waals surface area contributed by atoms with Crippen LogP contribution in [0.1, 0.15) is 33.1 Å². The van der Waals surface area contributed by atoms with Gasteiger partial charge in [0.2, 0.25) is 0 Å². The van der Waals surface area contributed by atoms with Gasteiger partial charge in [-0.1, -0.05) is 0 Å². The largest absolute Gasteiger partial charge is 0.381 e. The highest BCUT2D eigenvalue weighted by Crippen LogP contribution is 2.28. The van der Waals surface area contributed by atoms with E-state index in [1.807, 2.05) is 0 Å². The first-order valence-electron chi connectivity index (χ1n) is 4.69. The molecule has 0 bridgehead atoms. The van der Waals surface area contributed by atoms with Gasteiger partial charge in [0.25, 0.3) is 0 Å². The molecule has 1 saturated heterocycles. The van der Waals surface area contributed by atoms with Crippen molar-refractivity contribution in [1.29, 1.82) is 0 Å². The number of ether oxygens (including phenoxy) is 1.